The smallest absolute Gasteiger partial charge is 0.306 e. The third-order valence-electron chi connectivity index (χ3n) is 7.50. The first-order chi connectivity index (χ1) is 21.4. The molecule has 3 aromatic rings. The fourth-order valence-corrected chi connectivity index (χ4v) is 6.43. The second kappa shape index (κ2) is 15.3. The van der Waals surface area contributed by atoms with Gasteiger partial charge < -0.3 is 19.2 Å². The van der Waals surface area contributed by atoms with Gasteiger partial charge in [0.2, 0.25) is 10.0 Å². The normalized spacial score (nSPS) is 13.7. The number of unbranched alkanes of at least 4 members (excludes halogenated alkanes) is 3. The van der Waals surface area contributed by atoms with Crippen LogP contribution in [-0.4, -0.2) is 52.7 Å². The lowest BCUT2D eigenvalue weighted by atomic mass is 9.98. The van der Waals surface area contributed by atoms with Crippen molar-refractivity contribution < 1.29 is 36.3 Å². The van der Waals surface area contributed by atoms with Gasteiger partial charge in [-0.2, -0.15) is 0 Å². The molecule has 2 N–H and O–H groups in total. The van der Waals surface area contributed by atoms with Crippen LogP contribution in [0.1, 0.15) is 99.5 Å². The van der Waals surface area contributed by atoms with Crippen molar-refractivity contribution in [1.82, 2.24) is 10.0 Å². The molecule has 1 amide bonds. The van der Waals surface area contributed by atoms with E-state index in [9.17, 15) is 22.4 Å². The molecule has 1 saturated carbocycles. The van der Waals surface area contributed by atoms with Crippen molar-refractivity contribution >= 4 is 32.9 Å². The zero-order valence-electron chi connectivity index (χ0n) is 26.7. The quantitative estimate of drug-likeness (QED) is 0.125. The molecule has 1 aromatic heterocycles. The Bertz CT molecular complexity index is 1570. The van der Waals surface area contributed by atoms with E-state index in [0.29, 0.717) is 66.0 Å². The number of carbonyl (C=O) groups is 2. The first-order valence-electron chi connectivity index (χ1n) is 15.7. The van der Waals surface area contributed by atoms with Gasteiger partial charge in [0.1, 0.15) is 22.8 Å². The summed E-state index contributed by atoms with van der Waals surface area (Å²) in [6, 6.07) is 9.33. The molecule has 0 bridgehead atoms. The molecular formula is C34H45FN2O7S. The highest BCUT2D eigenvalue weighted by molar-refractivity contribution is 7.88. The number of carbonyl (C=O) groups excluding carboxylic acids is 2. The minimum Gasteiger partial charge on any atom is -0.460 e. The van der Waals surface area contributed by atoms with Gasteiger partial charge in [0.05, 0.1) is 11.3 Å². The van der Waals surface area contributed by atoms with Crippen LogP contribution in [0.25, 0.3) is 22.3 Å². The van der Waals surface area contributed by atoms with Crippen LogP contribution in [-0.2, 0) is 30.0 Å². The lowest BCUT2D eigenvalue weighted by molar-refractivity contribution is -0.154. The van der Waals surface area contributed by atoms with E-state index in [1.807, 2.05) is 26.8 Å². The van der Waals surface area contributed by atoms with E-state index in [4.69, 9.17) is 13.9 Å². The monoisotopic (exact) mass is 644 g/mol. The number of sulfonamides is 1. The van der Waals surface area contributed by atoms with Crippen LogP contribution in [0.5, 0.6) is 0 Å². The standard InChI is InChI=1S/C34H45FN2O7S/c1-34(2,3)44-30(38)10-6-9-19-42-18-8-5-7-17-37-45(40,41)22-25-20-29-28(21-27(25)23-11-12-23)31(33(39)36-4)32(43-29)24-13-15-26(35)16-14-24/h13-16,20-21,23,37H,5-12,17-19,22H2,1-4H3,(H,36,39). The van der Waals surface area contributed by atoms with Gasteiger partial charge in [-0.15, -0.1) is 0 Å². The molecule has 0 atom stereocenters. The molecule has 9 nitrogen and oxygen atoms in total. The average Bonchev–Trinajstić information content (AvgIpc) is 3.74. The van der Waals surface area contributed by atoms with E-state index in [0.717, 1.165) is 44.1 Å². The Balaban J connectivity index is 1.28. The average molecular weight is 645 g/mol. The largest absolute Gasteiger partial charge is 0.460 e. The molecule has 1 fully saturated rings. The minimum absolute atomic E-state index is 0.191. The van der Waals surface area contributed by atoms with Crippen LogP contribution in [0, 0.1) is 5.82 Å². The van der Waals surface area contributed by atoms with E-state index in [1.54, 1.807) is 18.2 Å². The van der Waals surface area contributed by atoms with Crippen LogP contribution in [0.4, 0.5) is 4.39 Å². The van der Waals surface area contributed by atoms with Gasteiger partial charge in [-0.1, -0.05) is 0 Å². The van der Waals surface area contributed by atoms with Crippen molar-refractivity contribution in [3.8, 4) is 11.3 Å². The number of amides is 1. The van der Waals surface area contributed by atoms with E-state index >= 15 is 0 Å². The van der Waals surface area contributed by atoms with Crippen molar-refractivity contribution in [2.24, 2.45) is 0 Å². The molecule has 0 saturated heterocycles. The molecule has 4 rings (SSSR count). The Kier molecular flexibility index (Phi) is 11.8. The highest BCUT2D eigenvalue weighted by Gasteiger charge is 2.31. The maximum absolute atomic E-state index is 13.6. The SMILES string of the molecule is CNC(=O)c1c(-c2ccc(F)cc2)oc2cc(CS(=O)(=O)NCCCCCOCCCCC(=O)OC(C)(C)C)c(C3CC3)cc12. The minimum atomic E-state index is -3.62. The molecule has 0 radical (unpaired) electrons. The summed E-state index contributed by atoms with van der Waals surface area (Å²) >= 11 is 0. The number of ether oxygens (including phenoxy) is 2. The Labute approximate surface area is 265 Å². The van der Waals surface area contributed by atoms with Gasteiger partial charge in [-0.25, -0.2) is 17.5 Å². The molecule has 0 spiro atoms. The van der Waals surface area contributed by atoms with Gasteiger partial charge in [0.15, 0.2) is 0 Å². The highest BCUT2D eigenvalue weighted by atomic mass is 32.2. The number of hydrogen-bond acceptors (Lipinski definition) is 7. The summed E-state index contributed by atoms with van der Waals surface area (Å²) in [6.07, 6.45) is 6.12. The predicted molar refractivity (Wildman–Crippen MR) is 172 cm³/mol. The second-order valence-corrected chi connectivity index (χ2v) is 14.4. The van der Waals surface area contributed by atoms with Crippen LogP contribution < -0.4 is 10.0 Å². The highest BCUT2D eigenvalue weighted by Crippen LogP contribution is 2.45. The van der Waals surface area contributed by atoms with E-state index in [2.05, 4.69) is 10.0 Å². The molecule has 45 heavy (non-hydrogen) atoms. The van der Waals surface area contributed by atoms with Crippen molar-refractivity contribution in [1.29, 1.82) is 0 Å². The zero-order chi connectivity index (χ0) is 32.6. The van der Waals surface area contributed by atoms with E-state index in [1.165, 1.54) is 19.2 Å². The number of rotatable bonds is 17. The Morgan fingerprint density at radius 1 is 1.00 bits per heavy atom. The lowest BCUT2D eigenvalue weighted by Gasteiger charge is -2.19. The Morgan fingerprint density at radius 2 is 1.69 bits per heavy atom. The van der Waals surface area contributed by atoms with Crippen molar-refractivity contribution in [3.05, 3.63) is 58.9 Å². The van der Waals surface area contributed by atoms with E-state index in [-0.39, 0.29) is 23.5 Å². The summed E-state index contributed by atoms with van der Waals surface area (Å²) in [5, 5.41) is 3.26. The summed E-state index contributed by atoms with van der Waals surface area (Å²) in [6.45, 7) is 7.05. The second-order valence-electron chi connectivity index (χ2n) is 12.6. The van der Waals surface area contributed by atoms with Crippen LogP contribution in [0.3, 0.4) is 0 Å². The number of benzene rings is 2. The number of fused-ring (bicyclic) bond motifs is 1. The van der Waals surface area contributed by atoms with Gasteiger partial charge in [0, 0.05) is 44.2 Å². The zero-order valence-corrected chi connectivity index (χ0v) is 27.5. The molecule has 0 aliphatic heterocycles. The fourth-order valence-electron chi connectivity index (χ4n) is 5.21. The van der Waals surface area contributed by atoms with Crippen LogP contribution in [0.2, 0.25) is 0 Å². The molecule has 1 aliphatic carbocycles. The summed E-state index contributed by atoms with van der Waals surface area (Å²) in [4.78, 5) is 24.7. The number of hydrogen-bond donors (Lipinski definition) is 2. The molecule has 0 unspecified atom stereocenters. The van der Waals surface area contributed by atoms with Gasteiger partial charge >= 0.3 is 5.97 Å². The number of esters is 1. The summed E-state index contributed by atoms with van der Waals surface area (Å²) in [5.74, 6) is -0.567. The predicted octanol–water partition coefficient (Wildman–Crippen LogP) is 6.59. The maximum Gasteiger partial charge on any atom is 0.306 e. The van der Waals surface area contributed by atoms with Crippen LogP contribution >= 0.6 is 0 Å². The molecule has 11 heteroatoms. The first kappa shape index (κ1) is 34.6. The molecular weight excluding hydrogens is 599 g/mol. The summed E-state index contributed by atoms with van der Waals surface area (Å²) < 4.78 is 59.5. The van der Waals surface area contributed by atoms with Gasteiger partial charge in [-0.05, 0) is 119 Å². The van der Waals surface area contributed by atoms with Crippen molar-refractivity contribution in [2.75, 3.05) is 26.8 Å². The first-order valence-corrected chi connectivity index (χ1v) is 17.4. The molecule has 2 aromatic carbocycles. The van der Waals surface area contributed by atoms with Gasteiger partial charge in [-0.3, -0.25) is 9.59 Å². The molecule has 1 heterocycles. The van der Waals surface area contributed by atoms with Crippen molar-refractivity contribution in [2.45, 2.75) is 89.4 Å². The van der Waals surface area contributed by atoms with E-state index < -0.39 is 21.4 Å². The molecule has 1 aliphatic rings. The maximum atomic E-state index is 13.6. The van der Waals surface area contributed by atoms with Crippen molar-refractivity contribution in [3.63, 3.8) is 0 Å². The Hall–Kier alpha value is -3.28. The molecule has 246 valence electrons. The number of nitrogens with one attached hydrogen (secondary N) is 2. The lowest BCUT2D eigenvalue weighted by Crippen LogP contribution is -2.26. The topological polar surface area (TPSA) is 124 Å². The van der Waals surface area contributed by atoms with Crippen LogP contribution in [0.15, 0.2) is 40.8 Å². The third kappa shape index (κ3) is 10.4. The number of furan rings is 1. The summed E-state index contributed by atoms with van der Waals surface area (Å²) in [5.41, 5.74) is 2.41. The van der Waals surface area contributed by atoms with Gasteiger partial charge in [0.25, 0.3) is 5.91 Å². The third-order valence-corrected chi connectivity index (χ3v) is 8.84. The summed E-state index contributed by atoms with van der Waals surface area (Å²) in [7, 11) is -2.08. The number of halogens is 1. The fraction of sp³-hybridized carbons (Fsp3) is 0.529. The Morgan fingerprint density at radius 3 is 2.33 bits per heavy atom.